The van der Waals surface area contributed by atoms with E-state index in [1.165, 1.54) is 0 Å². The minimum atomic E-state index is -0.114. The van der Waals surface area contributed by atoms with E-state index in [4.69, 9.17) is 14.0 Å². The molecule has 7 heteroatoms. The average molecular weight is 387 g/mol. The zero-order valence-electron chi connectivity index (χ0n) is 17.1. The van der Waals surface area contributed by atoms with Crippen LogP contribution < -0.4 is 10.1 Å². The molecule has 0 aliphatic carbocycles. The largest absolute Gasteiger partial charge is 0.489 e. The van der Waals surface area contributed by atoms with Gasteiger partial charge in [0.2, 0.25) is 0 Å². The summed E-state index contributed by atoms with van der Waals surface area (Å²) in [5.41, 5.74) is 2.28. The minimum Gasteiger partial charge on any atom is -0.489 e. The van der Waals surface area contributed by atoms with Gasteiger partial charge in [-0.3, -0.25) is 9.69 Å². The lowest BCUT2D eigenvalue weighted by Gasteiger charge is -2.40. The first-order valence-corrected chi connectivity index (χ1v) is 9.62. The first kappa shape index (κ1) is 20.4. The molecule has 0 spiro atoms. The second-order valence-corrected chi connectivity index (χ2v) is 7.71. The molecule has 1 N–H and O–H groups in total. The highest BCUT2D eigenvalue weighted by atomic mass is 16.5. The molecule has 0 saturated carbocycles. The summed E-state index contributed by atoms with van der Waals surface area (Å²) in [5.74, 6) is 1.38. The fraction of sp³-hybridized carbons (Fsp3) is 0.524. The van der Waals surface area contributed by atoms with Crippen molar-refractivity contribution in [3.63, 3.8) is 0 Å². The van der Waals surface area contributed by atoms with Gasteiger partial charge in [0.25, 0.3) is 5.91 Å². The number of aryl methyl sites for hydroxylation is 2. The van der Waals surface area contributed by atoms with Gasteiger partial charge >= 0.3 is 0 Å². The van der Waals surface area contributed by atoms with Gasteiger partial charge < -0.3 is 19.3 Å². The van der Waals surface area contributed by atoms with Gasteiger partial charge in [-0.1, -0.05) is 5.16 Å². The Morgan fingerprint density at radius 1 is 1.21 bits per heavy atom. The van der Waals surface area contributed by atoms with E-state index in [1.54, 1.807) is 24.3 Å². The maximum atomic E-state index is 12.5. The molecule has 0 unspecified atom stereocenters. The Kier molecular flexibility index (Phi) is 6.36. The maximum absolute atomic E-state index is 12.5. The Morgan fingerprint density at radius 2 is 1.89 bits per heavy atom. The van der Waals surface area contributed by atoms with Crippen molar-refractivity contribution in [3.05, 3.63) is 46.8 Å². The van der Waals surface area contributed by atoms with E-state index in [0.29, 0.717) is 24.5 Å². The molecule has 2 heterocycles. The molecule has 0 bridgehead atoms. The molecule has 1 aromatic carbocycles. The SMILES string of the molecule is Cc1noc(C)c1COc1ccc(C(=O)NCC(C)(C)N2CCOCC2)cc1. The van der Waals surface area contributed by atoms with Crippen molar-refractivity contribution in [3.8, 4) is 5.75 Å². The zero-order chi connectivity index (χ0) is 20.1. The highest BCUT2D eigenvalue weighted by Gasteiger charge is 2.28. The number of hydrogen-bond donors (Lipinski definition) is 1. The van der Waals surface area contributed by atoms with Crippen molar-refractivity contribution < 1.29 is 18.8 Å². The van der Waals surface area contributed by atoms with Gasteiger partial charge in [0.1, 0.15) is 18.1 Å². The van der Waals surface area contributed by atoms with Crippen molar-refractivity contribution in [2.24, 2.45) is 0 Å². The number of hydrogen-bond acceptors (Lipinski definition) is 6. The van der Waals surface area contributed by atoms with E-state index < -0.39 is 0 Å². The Bertz CT molecular complexity index is 773. The Hall–Kier alpha value is -2.38. The molecular formula is C21H29N3O4. The summed E-state index contributed by atoms with van der Waals surface area (Å²) in [6.45, 7) is 12.3. The van der Waals surface area contributed by atoms with Gasteiger partial charge in [-0.15, -0.1) is 0 Å². The van der Waals surface area contributed by atoms with Crippen LogP contribution in [0.3, 0.4) is 0 Å². The molecule has 0 atom stereocenters. The third kappa shape index (κ3) is 4.91. The number of aromatic nitrogens is 1. The number of carbonyl (C=O) groups excluding carboxylic acids is 1. The lowest BCUT2D eigenvalue weighted by atomic mass is 10.0. The topological polar surface area (TPSA) is 76.8 Å². The Morgan fingerprint density at radius 3 is 2.50 bits per heavy atom. The van der Waals surface area contributed by atoms with Crippen LogP contribution in [-0.4, -0.2) is 54.4 Å². The first-order chi connectivity index (χ1) is 13.4. The fourth-order valence-electron chi connectivity index (χ4n) is 3.25. The predicted molar refractivity (Wildman–Crippen MR) is 106 cm³/mol. The monoisotopic (exact) mass is 387 g/mol. The van der Waals surface area contributed by atoms with Crippen molar-refractivity contribution in [2.75, 3.05) is 32.8 Å². The standard InChI is InChI=1S/C21H29N3O4/c1-15-19(16(2)28-23-15)13-27-18-7-5-17(6-8-18)20(25)22-14-21(3,4)24-9-11-26-12-10-24/h5-8H,9-14H2,1-4H3,(H,22,25). The number of benzene rings is 1. The number of amides is 1. The van der Waals surface area contributed by atoms with Crippen molar-refractivity contribution in [1.82, 2.24) is 15.4 Å². The van der Waals surface area contributed by atoms with Crippen molar-refractivity contribution in [1.29, 1.82) is 0 Å². The van der Waals surface area contributed by atoms with E-state index >= 15 is 0 Å². The summed E-state index contributed by atoms with van der Waals surface area (Å²) in [5, 5.41) is 6.96. The normalized spacial score (nSPS) is 15.4. The lowest BCUT2D eigenvalue weighted by molar-refractivity contribution is -0.00923. The van der Waals surface area contributed by atoms with E-state index in [-0.39, 0.29) is 11.4 Å². The Labute approximate surface area is 166 Å². The molecule has 1 amide bonds. The van der Waals surface area contributed by atoms with Crippen LogP contribution in [0.25, 0.3) is 0 Å². The molecule has 3 rings (SSSR count). The molecular weight excluding hydrogens is 358 g/mol. The number of morpholine rings is 1. The lowest BCUT2D eigenvalue weighted by Crippen LogP contribution is -2.55. The first-order valence-electron chi connectivity index (χ1n) is 9.62. The van der Waals surface area contributed by atoms with Crippen LogP contribution in [0, 0.1) is 13.8 Å². The predicted octanol–water partition coefficient (Wildman–Crippen LogP) is 2.71. The highest BCUT2D eigenvalue weighted by Crippen LogP contribution is 2.19. The number of ether oxygens (including phenoxy) is 2. The second kappa shape index (κ2) is 8.75. The van der Waals surface area contributed by atoms with Crippen LogP contribution >= 0.6 is 0 Å². The molecule has 2 aromatic rings. The van der Waals surface area contributed by atoms with Gasteiger partial charge in [0.05, 0.1) is 24.5 Å². The molecule has 1 aliphatic rings. The molecule has 1 saturated heterocycles. The molecule has 7 nitrogen and oxygen atoms in total. The van der Waals surface area contributed by atoms with E-state index in [0.717, 1.165) is 43.3 Å². The second-order valence-electron chi connectivity index (χ2n) is 7.71. The van der Waals surface area contributed by atoms with Gasteiger partial charge in [0, 0.05) is 30.7 Å². The number of rotatable bonds is 7. The highest BCUT2D eigenvalue weighted by molar-refractivity contribution is 5.94. The molecule has 1 aliphatic heterocycles. The molecule has 152 valence electrons. The van der Waals surface area contributed by atoms with E-state index in [9.17, 15) is 4.79 Å². The van der Waals surface area contributed by atoms with E-state index in [2.05, 4.69) is 29.2 Å². The van der Waals surface area contributed by atoms with Gasteiger partial charge in [0.15, 0.2) is 0 Å². The quantitative estimate of drug-likeness (QED) is 0.787. The van der Waals surface area contributed by atoms with Crippen molar-refractivity contribution in [2.45, 2.75) is 39.8 Å². The summed E-state index contributed by atoms with van der Waals surface area (Å²) in [4.78, 5) is 14.9. The van der Waals surface area contributed by atoms with Crippen LogP contribution in [0.5, 0.6) is 5.75 Å². The molecule has 0 radical (unpaired) electrons. The molecule has 1 aromatic heterocycles. The third-order valence-corrected chi connectivity index (χ3v) is 5.23. The maximum Gasteiger partial charge on any atom is 0.251 e. The van der Waals surface area contributed by atoms with Crippen LogP contribution in [0.1, 0.15) is 41.2 Å². The fourth-order valence-corrected chi connectivity index (χ4v) is 3.25. The molecule has 1 fully saturated rings. The summed E-state index contributed by atoms with van der Waals surface area (Å²) < 4.78 is 16.3. The van der Waals surface area contributed by atoms with Crippen molar-refractivity contribution >= 4 is 5.91 Å². The minimum absolute atomic E-state index is 0.0846. The van der Waals surface area contributed by atoms with Gasteiger partial charge in [-0.05, 0) is 52.0 Å². The summed E-state index contributed by atoms with van der Waals surface area (Å²) in [7, 11) is 0. The third-order valence-electron chi connectivity index (χ3n) is 5.23. The van der Waals surface area contributed by atoms with Gasteiger partial charge in [-0.25, -0.2) is 0 Å². The van der Waals surface area contributed by atoms with Crippen LogP contribution in [0.2, 0.25) is 0 Å². The average Bonchev–Trinajstić information content (AvgIpc) is 3.03. The summed E-state index contributed by atoms with van der Waals surface area (Å²) >= 11 is 0. The van der Waals surface area contributed by atoms with E-state index in [1.807, 2.05) is 13.8 Å². The van der Waals surface area contributed by atoms with Crippen LogP contribution in [-0.2, 0) is 11.3 Å². The number of nitrogens with one attached hydrogen (secondary N) is 1. The van der Waals surface area contributed by atoms with Gasteiger partial charge in [-0.2, -0.15) is 0 Å². The summed E-state index contributed by atoms with van der Waals surface area (Å²) in [6.07, 6.45) is 0. The number of carbonyl (C=O) groups is 1. The molecule has 28 heavy (non-hydrogen) atoms. The number of nitrogens with zero attached hydrogens (tertiary/aromatic N) is 2. The van der Waals surface area contributed by atoms with Crippen LogP contribution in [0.15, 0.2) is 28.8 Å². The van der Waals surface area contributed by atoms with Crippen LogP contribution in [0.4, 0.5) is 0 Å². The zero-order valence-corrected chi connectivity index (χ0v) is 17.1. The smallest absolute Gasteiger partial charge is 0.251 e. The summed E-state index contributed by atoms with van der Waals surface area (Å²) in [6, 6.07) is 7.17. The Balaban J connectivity index is 1.52.